The smallest absolute Gasteiger partial charge is 0.191 e. The number of guanidine groups is 1. The molecule has 0 amide bonds. The largest absolute Gasteiger partial charge is 0.497 e. The van der Waals surface area contributed by atoms with Gasteiger partial charge in [0.25, 0.3) is 0 Å². The first-order chi connectivity index (χ1) is 9.74. The van der Waals surface area contributed by atoms with Crippen molar-refractivity contribution in [2.75, 3.05) is 38.8 Å². The maximum absolute atomic E-state index is 6.05. The molecule has 0 aliphatic carbocycles. The molecule has 110 valence electrons. The Labute approximate surface area is 124 Å². The molecule has 0 saturated carbocycles. The second-order valence-corrected chi connectivity index (χ2v) is 5.68. The first-order valence-electron chi connectivity index (χ1n) is 6.58. The Kier molecular flexibility index (Phi) is 5.40. The summed E-state index contributed by atoms with van der Waals surface area (Å²) < 4.78 is 10.5. The van der Waals surface area contributed by atoms with Crippen molar-refractivity contribution in [2.45, 2.75) is 6.54 Å². The Balaban J connectivity index is 2.05. The van der Waals surface area contributed by atoms with E-state index in [2.05, 4.69) is 9.89 Å². The third kappa shape index (κ3) is 3.72. The van der Waals surface area contributed by atoms with Gasteiger partial charge in [0.15, 0.2) is 5.96 Å². The minimum absolute atomic E-state index is 0.517. The van der Waals surface area contributed by atoms with Crippen LogP contribution in [0.2, 0.25) is 0 Å². The van der Waals surface area contributed by atoms with E-state index in [9.17, 15) is 0 Å². The fourth-order valence-electron chi connectivity index (χ4n) is 2.04. The van der Waals surface area contributed by atoms with Crippen LogP contribution in [-0.2, 0) is 6.54 Å². The zero-order valence-electron chi connectivity index (χ0n) is 12.0. The molecule has 1 saturated heterocycles. The quantitative estimate of drug-likeness (QED) is 0.675. The molecule has 2 rings (SSSR count). The lowest BCUT2D eigenvalue weighted by molar-refractivity contribution is 0.391. The number of methoxy groups -OCH3 is 2. The Morgan fingerprint density at radius 2 is 2.05 bits per heavy atom. The summed E-state index contributed by atoms with van der Waals surface area (Å²) in [7, 11) is 3.28. The van der Waals surface area contributed by atoms with Gasteiger partial charge in [-0.05, 0) is 12.1 Å². The van der Waals surface area contributed by atoms with Gasteiger partial charge in [-0.15, -0.1) is 0 Å². The topological polar surface area (TPSA) is 60.1 Å². The maximum Gasteiger partial charge on any atom is 0.191 e. The highest BCUT2D eigenvalue weighted by Gasteiger charge is 2.12. The Morgan fingerprint density at radius 3 is 2.70 bits per heavy atom. The van der Waals surface area contributed by atoms with Crippen LogP contribution >= 0.6 is 11.8 Å². The van der Waals surface area contributed by atoms with E-state index < -0.39 is 0 Å². The molecule has 1 aromatic rings. The molecule has 1 aromatic carbocycles. The first kappa shape index (κ1) is 14.8. The van der Waals surface area contributed by atoms with Crippen LogP contribution in [0, 0.1) is 0 Å². The van der Waals surface area contributed by atoms with Gasteiger partial charge in [-0.3, -0.25) is 0 Å². The Morgan fingerprint density at radius 1 is 1.30 bits per heavy atom. The number of benzene rings is 1. The lowest BCUT2D eigenvalue weighted by Gasteiger charge is -2.27. The summed E-state index contributed by atoms with van der Waals surface area (Å²) >= 11 is 1.95. The fraction of sp³-hybridized carbons (Fsp3) is 0.500. The number of nitrogens with two attached hydrogens (primary N) is 1. The van der Waals surface area contributed by atoms with Crippen molar-refractivity contribution in [1.82, 2.24) is 4.90 Å². The number of hydrogen-bond donors (Lipinski definition) is 1. The molecule has 1 aliphatic heterocycles. The van der Waals surface area contributed by atoms with Gasteiger partial charge in [0.1, 0.15) is 11.5 Å². The Bertz CT molecular complexity index is 473. The second-order valence-electron chi connectivity index (χ2n) is 4.45. The summed E-state index contributed by atoms with van der Waals surface area (Å²) in [4.78, 5) is 6.60. The maximum atomic E-state index is 6.05. The predicted molar refractivity (Wildman–Crippen MR) is 83.8 cm³/mol. The minimum Gasteiger partial charge on any atom is -0.497 e. The van der Waals surface area contributed by atoms with Crippen LogP contribution in [0.4, 0.5) is 0 Å². The summed E-state index contributed by atoms with van der Waals surface area (Å²) in [6.45, 7) is 2.46. The van der Waals surface area contributed by atoms with E-state index in [1.165, 1.54) is 0 Å². The van der Waals surface area contributed by atoms with Gasteiger partial charge < -0.3 is 20.1 Å². The van der Waals surface area contributed by atoms with E-state index in [1.54, 1.807) is 14.2 Å². The molecule has 0 unspecified atom stereocenters. The van der Waals surface area contributed by atoms with E-state index in [-0.39, 0.29) is 0 Å². The van der Waals surface area contributed by atoms with Crippen LogP contribution in [0.15, 0.2) is 23.2 Å². The van der Waals surface area contributed by atoms with Crippen molar-refractivity contribution in [1.29, 1.82) is 0 Å². The van der Waals surface area contributed by atoms with E-state index in [0.29, 0.717) is 12.5 Å². The minimum atomic E-state index is 0.517. The molecule has 2 N–H and O–H groups in total. The lowest BCUT2D eigenvalue weighted by Crippen LogP contribution is -2.42. The van der Waals surface area contributed by atoms with E-state index >= 15 is 0 Å². The van der Waals surface area contributed by atoms with Crippen LogP contribution in [0.5, 0.6) is 11.5 Å². The molecular weight excluding hydrogens is 274 g/mol. The van der Waals surface area contributed by atoms with E-state index in [0.717, 1.165) is 41.7 Å². The molecule has 0 bridgehead atoms. The molecule has 1 aliphatic rings. The second kappa shape index (κ2) is 7.28. The molecule has 6 heteroatoms. The van der Waals surface area contributed by atoms with Crippen molar-refractivity contribution in [3.8, 4) is 11.5 Å². The van der Waals surface area contributed by atoms with Gasteiger partial charge >= 0.3 is 0 Å². The monoisotopic (exact) mass is 295 g/mol. The summed E-state index contributed by atoms with van der Waals surface area (Å²) in [5, 5.41) is 0. The number of thioether (sulfide) groups is 1. The third-order valence-corrected chi connectivity index (χ3v) is 4.18. The van der Waals surface area contributed by atoms with Crippen LogP contribution in [0.25, 0.3) is 0 Å². The zero-order chi connectivity index (χ0) is 14.4. The number of hydrogen-bond acceptors (Lipinski definition) is 4. The highest BCUT2D eigenvalue weighted by Crippen LogP contribution is 2.25. The summed E-state index contributed by atoms with van der Waals surface area (Å²) in [6, 6.07) is 5.72. The molecule has 0 atom stereocenters. The highest BCUT2D eigenvalue weighted by molar-refractivity contribution is 7.99. The molecule has 0 spiro atoms. The van der Waals surface area contributed by atoms with Gasteiger partial charge in [0.05, 0.1) is 20.8 Å². The normalized spacial score (nSPS) is 16.1. The van der Waals surface area contributed by atoms with E-state index in [1.807, 2.05) is 30.0 Å². The van der Waals surface area contributed by atoms with Gasteiger partial charge in [0, 0.05) is 36.2 Å². The average molecular weight is 295 g/mol. The molecule has 20 heavy (non-hydrogen) atoms. The Hall–Kier alpha value is -1.56. The van der Waals surface area contributed by atoms with Crippen molar-refractivity contribution < 1.29 is 9.47 Å². The third-order valence-electron chi connectivity index (χ3n) is 3.24. The number of nitrogens with zero attached hydrogens (tertiary/aromatic N) is 2. The first-order valence-corrected chi connectivity index (χ1v) is 7.73. The van der Waals surface area contributed by atoms with Gasteiger partial charge in [-0.1, -0.05) is 0 Å². The summed E-state index contributed by atoms with van der Waals surface area (Å²) in [6.07, 6.45) is 0. The van der Waals surface area contributed by atoms with Crippen molar-refractivity contribution in [2.24, 2.45) is 10.7 Å². The average Bonchev–Trinajstić information content (AvgIpc) is 2.53. The molecule has 1 heterocycles. The summed E-state index contributed by atoms with van der Waals surface area (Å²) in [5.41, 5.74) is 7.05. The van der Waals surface area contributed by atoms with E-state index in [4.69, 9.17) is 15.2 Å². The van der Waals surface area contributed by atoms with Crippen LogP contribution in [-0.4, -0.2) is 49.7 Å². The van der Waals surface area contributed by atoms with Gasteiger partial charge in [-0.25, -0.2) is 4.99 Å². The van der Waals surface area contributed by atoms with Crippen LogP contribution in [0.1, 0.15) is 5.56 Å². The SMILES string of the molecule is COc1ccc(CN=C(N)N2CCSCC2)c(OC)c1. The number of ether oxygens (including phenoxy) is 2. The van der Waals surface area contributed by atoms with Crippen LogP contribution < -0.4 is 15.2 Å². The molecule has 0 aromatic heterocycles. The van der Waals surface area contributed by atoms with Crippen molar-refractivity contribution in [3.63, 3.8) is 0 Å². The molecule has 1 fully saturated rings. The van der Waals surface area contributed by atoms with Gasteiger partial charge in [0.2, 0.25) is 0 Å². The van der Waals surface area contributed by atoms with Crippen molar-refractivity contribution in [3.05, 3.63) is 23.8 Å². The molecular formula is C14H21N3O2S. The standard InChI is InChI=1S/C14H21N3O2S/c1-18-12-4-3-11(13(9-12)19-2)10-16-14(15)17-5-7-20-8-6-17/h3-4,9H,5-8,10H2,1-2H3,(H2,15,16). The van der Waals surface area contributed by atoms with Crippen LogP contribution in [0.3, 0.4) is 0 Å². The van der Waals surface area contributed by atoms with Crippen molar-refractivity contribution >= 4 is 17.7 Å². The lowest BCUT2D eigenvalue weighted by atomic mass is 10.2. The number of rotatable bonds is 4. The molecule has 0 radical (unpaired) electrons. The zero-order valence-corrected chi connectivity index (χ0v) is 12.8. The fourth-order valence-corrected chi connectivity index (χ4v) is 2.94. The highest BCUT2D eigenvalue weighted by atomic mass is 32.2. The van der Waals surface area contributed by atoms with Gasteiger partial charge in [-0.2, -0.15) is 11.8 Å². The summed E-state index contributed by atoms with van der Waals surface area (Å²) in [5.74, 6) is 4.39. The number of aliphatic imine (C=N–C) groups is 1. The predicted octanol–water partition coefficient (Wildman–Crippen LogP) is 1.57. The molecule has 5 nitrogen and oxygen atoms in total.